The molecule has 0 spiro atoms. The van der Waals surface area contributed by atoms with Crippen LogP contribution in [-0.2, 0) is 9.31 Å². The van der Waals surface area contributed by atoms with Gasteiger partial charge in [-0.25, -0.2) is 9.97 Å². The van der Waals surface area contributed by atoms with Crippen LogP contribution in [0.3, 0.4) is 0 Å². The van der Waals surface area contributed by atoms with Crippen molar-refractivity contribution in [2.24, 2.45) is 0 Å². The second kappa shape index (κ2) is 10.0. The normalized spacial score (nSPS) is 15.6. The van der Waals surface area contributed by atoms with Gasteiger partial charge in [0.05, 0.1) is 31.6 Å². The summed E-state index contributed by atoms with van der Waals surface area (Å²) in [5.74, 6) is 0. The lowest BCUT2D eigenvalue weighted by molar-refractivity contribution is 0.00578. The van der Waals surface area contributed by atoms with Crippen LogP contribution in [0.15, 0.2) is 36.4 Å². The van der Waals surface area contributed by atoms with Gasteiger partial charge in [-0.1, -0.05) is 19.6 Å². The Balaban J connectivity index is 0.000000202. The van der Waals surface area contributed by atoms with E-state index in [0.29, 0.717) is 21.0 Å². The van der Waals surface area contributed by atoms with Gasteiger partial charge in [-0.3, -0.25) is 0 Å². The van der Waals surface area contributed by atoms with Crippen LogP contribution < -0.4 is 10.9 Å². The molecule has 8 nitrogen and oxygen atoms in total. The minimum atomic E-state index is -1.48. The lowest BCUT2D eigenvalue weighted by atomic mass is 9.79. The fourth-order valence-corrected chi connectivity index (χ4v) is 4.89. The van der Waals surface area contributed by atoms with Crippen molar-refractivity contribution < 1.29 is 19.4 Å². The molecule has 1 saturated heterocycles. The molecule has 0 bridgehead atoms. The number of fused-ring (bicyclic) bond motifs is 2. The fourth-order valence-electron chi connectivity index (χ4n) is 3.26. The maximum atomic E-state index is 8.92. The van der Waals surface area contributed by atoms with Crippen LogP contribution in [0.4, 0.5) is 0 Å². The maximum Gasteiger partial charge on any atom is 0.494 e. The number of thiazole rings is 2. The molecule has 2 aromatic carbocycles. The molecule has 0 unspecified atom stereocenters. The maximum absolute atomic E-state index is 8.92. The Hall–Kier alpha value is -2.83. The van der Waals surface area contributed by atoms with Gasteiger partial charge >= 0.3 is 14.2 Å². The monoisotopic (exact) mass is 506 g/mol. The molecule has 0 radical (unpaired) electrons. The standard InChI is InChI=1S/C14H15BN2O2S.C8H5BN2O2S.CH4/c1-13(2)14(3,4)19-15(18-13)9-5-6-10-11(7-9)20-12(8-16)17-10;10-4-8-11-6-2-1-5(9(12)13)3-7(6)14-8;/h5-7H,1-4H3;1-3,12-13H;1H4. The Bertz CT molecular complexity index is 1440. The molecular formula is C23H24B2N4O4S2. The summed E-state index contributed by atoms with van der Waals surface area (Å²) in [5, 5.41) is 36.2. The number of hydrogen-bond donors (Lipinski definition) is 2. The average molecular weight is 506 g/mol. The summed E-state index contributed by atoms with van der Waals surface area (Å²) in [7, 11) is -1.86. The van der Waals surface area contributed by atoms with Crippen molar-refractivity contribution in [1.82, 2.24) is 9.97 Å². The van der Waals surface area contributed by atoms with Gasteiger partial charge in [0, 0.05) is 0 Å². The van der Waals surface area contributed by atoms with Crippen molar-refractivity contribution in [2.75, 3.05) is 0 Å². The predicted octanol–water partition coefficient (Wildman–Crippen LogP) is 2.95. The van der Waals surface area contributed by atoms with E-state index in [1.54, 1.807) is 18.2 Å². The third kappa shape index (κ3) is 5.39. The van der Waals surface area contributed by atoms with Crippen molar-refractivity contribution in [1.29, 1.82) is 10.5 Å². The SMILES string of the molecule is C.CC1(C)OB(c2ccc3nc(C#N)sc3c2)OC1(C)C.N#Cc1nc2ccc(B(O)O)cc2s1. The zero-order valence-corrected chi connectivity index (χ0v) is 20.6. The summed E-state index contributed by atoms with van der Waals surface area (Å²) in [5.41, 5.74) is 2.22. The zero-order chi connectivity index (χ0) is 24.7. The summed E-state index contributed by atoms with van der Waals surface area (Å²) in [6.07, 6.45) is 0. The van der Waals surface area contributed by atoms with Crippen LogP contribution in [0.25, 0.3) is 20.4 Å². The van der Waals surface area contributed by atoms with Crippen molar-refractivity contribution in [2.45, 2.75) is 46.3 Å². The first kappa shape index (κ1) is 26.8. The molecule has 1 aliphatic heterocycles. The topological polar surface area (TPSA) is 132 Å². The van der Waals surface area contributed by atoms with E-state index in [2.05, 4.69) is 16.0 Å². The minimum Gasteiger partial charge on any atom is -0.423 e. The number of rotatable bonds is 2. The minimum absolute atomic E-state index is 0. The number of nitriles is 2. The van der Waals surface area contributed by atoms with E-state index < -0.39 is 7.12 Å². The number of hydrogen-bond acceptors (Lipinski definition) is 10. The van der Waals surface area contributed by atoms with E-state index in [1.165, 1.54) is 22.7 Å². The molecule has 0 saturated carbocycles. The van der Waals surface area contributed by atoms with Gasteiger partial charge in [0.15, 0.2) is 10.0 Å². The molecular weight excluding hydrogens is 482 g/mol. The smallest absolute Gasteiger partial charge is 0.423 e. The van der Waals surface area contributed by atoms with E-state index in [1.807, 2.05) is 52.0 Å². The summed E-state index contributed by atoms with van der Waals surface area (Å²) in [6.45, 7) is 8.13. The van der Waals surface area contributed by atoms with Gasteiger partial charge in [-0.2, -0.15) is 10.5 Å². The van der Waals surface area contributed by atoms with Crippen LogP contribution >= 0.6 is 22.7 Å². The molecule has 0 atom stereocenters. The van der Waals surface area contributed by atoms with Gasteiger partial charge in [0.2, 0.25) is 0 Å². The first-order valence-electron chi connectivity index (χ1n) is 10.4. The molecule has 1 fully saturated rings. The molecule has 3 heterocycles. The molecule has 12 heteroatoms. The highest BCUT2D eigenvalue weighted by molar-refractivity contribution is 7.19. The van der Waals surface area contributed by atoms with Gasteiger partial charge in [-0.15, -0.1) is 22.7 Å². The summed E-state index contributed by atoms with van der Waals surface area (Å²) < 4.78 is 13.8. The van der Waals surface area contributed by atoms with E-state index in [0.717, 1.165) is 20.4 Å². The van der Waals surface area contributed by atoms with Crippen LogP contribution in [0.5, 0.6) is 0 Å². The first-order chi connectivity index (χ1) is 16.0. The Morgan fingerprint density at radius 3 is 1.83 bits per heavy atom. The molecule has 2 N–H and O–H groups in total. The second-order valence-corrected chi connectivity index (χ2v) is 10.7. The number of aromatic nitrogens is 2. The Morgan fingerprint density at radius 2 is 1.34 bits per heavy atom. The van der Waals surface area contributed by atoms with Gasteiger partial charge in [-0.05, 0) is 62.9 Å². The highest BCUT2D eigenvalue weighted by atomic mass is 32.1. The molecule has 4 aromatic rings. The highest BCUT2D eigenvalue weighted by Gasteiger charge is 2.51. The average Bonchev–Trinajstić information content (AvgIpc) is 3.45. The first-order valence-corrected chi connectivity index (χ1v) is 12.0. The molecule has 5 rings (SSSR count). The summed E-state index contributed by atoms with van der Waals surface area (Å²) in [4.78, 5) is 8.26. The van der Waals surface area contributed by atoms with Crippen molar-refractivity contribution in [3.63, 3.8) is 0 Å². The molecule has 35 heavy (non-hydrogen) atoms. The highest BCUT2D eigenvalue weighted by Crippen LogP contribution is 2.36. The lowest BCUT2D eigenvalue weighted by Crippen LogP contribution is -2.41. The third-order valence-corrected chi connectivity index (χ3v) is 7.69. The van der Waals surface area contributed by atoms with E-state index in [-0.39, 0.29) is 25.7 Å². The lowest BCUT2D eigenvalue weighted by Gasteiger charge is -2.32. The van der Waals surface area contributed by atoms with Crippen LogP contribution in [0, 0.1) is 22.7 Å². The van der Waals surface area contributed by atoms with Gasteiger partial charge in [0.1, 0.15) is 12.1 Å². The van der Waals surface area contributed by atoms with Crippen LogP contribution in [-0.4, -0.2) is 45.5 Å². The number of nitrogens with zero attached hydrogens (tertiary/aromatic N) is 4. The van der Waals surface area contributed by atoms with E-state index in [9.17, 15) is 0 Å². The van der Waals surface area contributed by atoms with E-state index in [4.69, 9.17) is 29.9 Å². The van der Waals surface area contributed by atoms with Crippen LogP contribution in [0.2, 0.25) is 0 Å². The van der Waals surface area contributed by atoms with Crippen molar-refractivity contribution in [3.05, 3.63) is 46.4 Å². The fraction of sp³-hybridized carbons (Fsp3) is 0.304. The molecule has 178 valence electrons. The zero-order valence-electron chi connectivity index (χ0n) is 18.9. The molecule has 0 aliphatic carbocycles. The van der Waals surface area contributed by atoms with Crippen molar-refractivity contribution in [3.8, 4) is 12.1 Å². The predicted molar refractivity (Wildman–Crippen MR) is 141 cm³/mol. The van der Waals surface area contributed by atoms with Crippen LogP contribution in [0.1, 0.15) is 45.1 Å². The van der Waals surface area contributed by atoms with Gasteiger partial charge < -0.3 is 19.4 Å². The Labute approximate surface area is 212 Å². The Kier molecular flexibility index (Phi) is 7.68. The van der Waals surface area contributed by atoms with Gasteiger partial charge in [0.25, 0.3) is 0 Å². The molecule has 2 aromatic heterocycles. The van der Waals surface area contributed by atoms with Crippen molar-refractivity contribution >= 4 is 68.3 Å². The third-order valence-electron chi connectivity index (χ3n) is 5.84. The second-order valence-electron chi connectivity index (χ2n) is 8.68. The van der Waals surface area contributed by atoms with E-state index >= 15 is 0 Å². The Morgan fingerprint density at radius 1 is 0.857 bits per heavy atom. The quantitative estimate of drug-likeness (QED) is 0.397. The molecule has 1 aliphatic rings. The largest absolute Gasteiger partial charge is 0.494 e. The molecule has 0 amide bonds. The number of benzene rings is 2. The summed E-state index contributed by atoms with van der Waals surface area (Å²) >= 11 is 2.62. The summed E-state index contributed by atoms with van der Waals surface area (Å²) in [6, 6.07) is 14.7.